The molecule has 0 spiro atoms. The number of ether oxygens (including phenoxy) is 1. The van der Waals surface area contributed by atoms with Gasteiger partial charge in [-0.1, -0.05) is 47.0 Å². The summed E-state index contributed by atoms with van der Waals surface area (Å²) in [6.07, 6.45) is 5.90. The molecule has 0 amide bonds. The lowest BCUT2D eigenvalue weighted by molar-refractivity contribution is -0.149. The quantitative estimate of drug-likeness (QED) is 0.493. The third-order valence-corrected chi connectivity index (χ3v) is 4.73. The van der Waals surface area contributed by atoms with Crippen LogP contribution in [0.5, 0.6) is 0 Å². The van der Waals surface area contributed by atoms with E-state index in [0.717, 1.165) is 19.3 Å². The molecule has 5 nitrogen and oxygen atoms in total. The van der Waals surface area contributed by atoms with Crippen LogP contribution < -0.4 is 0 Å². The minimum absolute atomic E-state index is 0.142. The van der Waals surface area contributed by atoms with E-state index in [1.54, 1.807) is 0 Å². The highest BCUT2D eigenvalue weighted by atomic mass is 16.5. The molecule has 0 heterocycles. The summed E-state index contributed by atoms with van der Waals surface area (Å²) in [7, 11) is 1.30. The third-order valence-electron chi connectivity index (χ3n) is 4.73. The van der Waals surface area contributed by atoms with Crippen molar-refractivity contribution in [3.63, 3.8) is 0 Å². The molecule has 0 saturated heterocycles. The molecule has 1 aliphatic carbocycles. The van der Waals surface area contributed by atoms with Gasteiger partial charge >= 0.3 is 5.97 Å². The molecule has 0 saturated carbocycles. The Hall–Kier alpha value is -1.65. The number of aliphatic imine (C=N–C) groups is 1. The van der Waals surface area contributed by atoms with E-state index in [1.165, 1.54) is 13.5 Å². The van der Waals surface area contributed by atoms with Gasteiger partial charge in [0.1, 0.15) is 11.7 Å². The number of carbonyl (C=O) groups is 2. The number of aliphatic hydroxyl groups excluding tert-OH is 1. The average molecular weight is 351 g/mol. The highest BCUT2D eigenvalue weighted by molar-refractivity contribution is 6.24. The maximum Gasteiger partial charge on any atom is 0.316 e. The Balaban J connectivity index is 3.21. The van der Waals surface area contributed by atoms with Gasteiger partial charge in [0.2, 0.25) is 0 Å². The summed E-state index contributed by atoms with van der Waals surface area (Å²) in [6.45, 7) is 8.52. The fourth-order valence-corrected chi connectivity index (χ4v) is 3.38. The molecule has 0 bridgehead atoms. The van der Waals surface area contributed by atoms with E-state index in [0.29, 0.717) is 31.5 Å². The molecule has 0 aromatic heterocycles. The third kappa shape index (κ3) is 5.41. The van der Waals surface area contributed by atoms with Gasteiger partial charge in [-0.3, -0.25) is 14.6 Å². The molecule has 0 unspecified atom stereocenters. The number of nitrogens with zero attached hydrogens (tertiary/aromatic N) is 1. The predicted octanol–water partition coefficient (Wildman–Crippen LogP) is 4.41. The number of esters is 1. The monoisotopic (exact) mass is 351 g/mol. The van der Waals surface area contributed by atoms with Crippen LogP contribution in [0.1, 0.15) is 72.6 Å². The largest absolute Gasteiger partial charge is 0.511 e. The summed E-state index contributed by atoms with van der Waals surface area (Å²) >= 11 is 0. The van der Waals surface area contributed by atoms with E-state index >= 15 is 0 Å². The summed E-state index contributed by atoms with van der Waals surface area (Å²) in [6, 6.07) is 0. The Labute approximate surface area is 151 Å². The number of hydrogen-bond donors (Lipinski definition) is 1. The van der Waals surface area contributed by atoms with Gasteiger partial charge in [0, 0.05) is 18.7 Å². The lowest BCUT2D eigenvalue weighted by Gasteiger charge is -2.37. The van der Waals surface area contributed by atoms with Gasteiger partial charge in [-0.15, -0.1) is 0 Å². The van der Waals surface area contributed by atoms with Crippen LogP contribution in [0.2, 0.25) is 0 Å². The Morgan fingerprint density at radius 3 is 2.44 bits per heavy atom. The van der Waals surface area contributed by atoms with Crippen LogP contribution in [0.25, 0.3) is 0 Å². The van der Waals surface area contributed by atoms with Gasteiger partial charge in [0.15, 0.2) is 5.78 Å². The molecule has 0 aromatic carbocycles. The number of unbranched alkanes of at least 4 members (excludes halogenated alkanes) is 3. The van der Waals surface area contributed by atoms with Crippen molar-refractivity contribution in [2.45, 2.75) is 72.6 Å². The lowest BCUT2D eigenvalue weighted by atomic mass is 9.67. The summed E-state index contributed by atoms with van der Waals surface area (Å²) in [5, 5.41) is 10.8. The van der Waals surface area contributed by atoms with Crippen molar-refractivity contribution < 1.29 is 19.4 Å². The van der Waals surface area contributed by atoms with Crippen molar-refractivity contribution in [2.75, 3.05) is 13.7 Å². The van der Waals surface area contributed by atoms with Gasteiger partial charge in [0.25, 0.3) is 0 Å². The molecule has 0 radical (unpaired) electrons. The SMILES string of the molecule is CCCCCCN=C1CC(C)(C)[C@@H](C(=O)OC)C(O)=C1C(=O)CCC. The summed E-state index contributed by atoms with van der Waals surface area (Å²) < 4.78 is 4.86. The van der Waals surface area contributed by atoms with Crippen LogP contribution in [-0.4, -0.2) is 36.2 Å². The molecular weight excluding hydrogens is 318 g/mol. The lowest BCUT2D eigenvalue weighted by Crippen LogP contribution is -2.42. The zero-order valence-corrected chi connectivity index (χ0v) is 16.4. The maximum absolute atomic E-state index is 12.6. The Kier molecular flexibility index (Phi) is 8.33. The fourth-order valence-electron chi connectivity index (χ4n) is 3.38. The highest BCUT2D eigenvalue weighted by Crippen LogP contribution is 2.43. The number of hydrogen-bond acceptors (Lipinski definition) is 5. The van der Waals surface area contributed by atoms with Crippen LogP contribution in [0.15, 0.2) is 16.3 Å². The topological polar surface area (TPSA) is 76.0 Å². The zero-order valence-electron chi connectivity index (χ0n) is 16.4. The second-order valence-electron chi connectivity index (χ2n) is 7.44. The van der Waals surface area contributed by atoms with E-state index in [1.807, 2.05) is 20.8 Å². The Bertz CT molecular complexity index is 546. The van der Waals surface area contributed by atoms with E-state index in [-0.39, 0.29) is 17.1 Å². The first-order valence-corrected chi connectivity index (χ1v) is 9.37. The molecule has 1 rings (SSSR count). The van der Waals surface area contributed by atoms with Crippen molar-refractivity contribution in [2.24, 2.45) is 16.3 Å². The molecule has 1 N–H and O–H groups in total. The number of Topliss-reactive ketones (excluding diaryl/α,β-unsaturated/α-hetero) is 1. The number of methoxy groups -OCH3 is 1. The summed E-state index contributed by atoms with van der Waals surface area (Å²) in [5.41, 5.74) is 0.333. The normalized spacial score (nSPS) is 21.5. The number of rotatable bonds is 9. The first kappa shape index (κ1) is 21.4. The van der Waals surface area contributed by atoms with Crippen LogP contribution in [0.3, 0.4) is 0 Å². The Morgan fingerprint density at radius 1 is 1.20 bits per heavy atom. The van der Waals surface area contributed by atoms with Gasteiger partial charge in [-0.2, -0.15) is 0 Å². The van der Waals surface area contributed by atoms with Crippen LogP contribution >= 0.6 is 0 Å². The van der Waals surface area contributed by atoms with Crippen molar-refractivity contribution in [1.82, 2.24) is 0 Å². The van der Waals surface area contributed by atoms with E-state index < -0.39 is 17.3 Å². The zero-order chi connectivity index (χ0) is 19.0. The van der Waals surface area contributed by atoms with Gasteiger partial charge in [-0.25, -0.2) is 0 Å². The number of aliphatic hydroxyl groups is 1. The molecule has 1 aliphatic rings. The van der Waals surface area contributed by atoms with E-state index in [2.05, 4.69) is 11.9 Å². The molecule has 142 valence electrons. The van der Waals surface area contributed by atoms with Crippen LogP contribution in [0.4, 0.5) is 0 Å². The first-order chi connectivity index (χ1) is 11.8. The number of carbonyl (C=O) groups excluding carboxylic acids is 2. The minimum Gasteiger partial charge on any atom is -0.511 e. The van der Waals surface area contributed by atoms with Crippen molar-refractivity contribution in [3.05, 3.63) is 11.3 Å². The van der Waals surface area contributed by atoms with E-state index in [4.69, 9.17) is 4.74 Å². The first-order valence-electron chi connectivity index (χ1n) is 9.37. The van der Waals surface area contributed by atoms with Crippen molar-refractivity contribution in [3.8, 4) is 0 Å². The fraction of sp³-hybridized carbons (Fsp3) is 0.750. The van der Waals surface area contributed by atoms with Crippen LogP contribution in [-0.2, 0) is 14.3 Å². The summed E-state index contributed by atoms with van der Waals surface area (Å²) in [4.78, 5) is 29.4. The molecule has 0 fully saturated rings. The second kappa shape index (κ2) is 9.73. The standard InChI is InChI=1S/C20H33NO4/c1-6-8-9-10-12-21-14-13-20(3,4)17(19(24)25-5)18(23)16(14)15(22)11-7-2/h17,23H,6-13H2,1-5H3/t17-/m1/s1. The van der Waals surface area contributed by atoms with Gasteiger partial charge < -0.3 is 9.84 Å². The number of allylic oxidation sites excluding steroid dienone is 1. The smallest absolute Gasteiger partial charge is 0.316 e. The summed E-state index contributed by atoms with van der Waals surface area (Å²) in [5.74, 6) is -1.65. The van der Waals surface area contributed by atoms with Gasteiger partial charge in [0.05, 0.1) is 12.7 Å². The van der Waals surface area contributed by atoms with Crippen LogP contribution in [0, 0.1) is 11.3 Å². The molecule has 25 heavy (non-hydrogen) atoms. The maximum atomic E-state index is 12.6. The van der Waals surface area contributed by atoms with Crippen molar-refractivity contribution >= 4 is 17.5 Å². The molecule has 0 aliphatic heterocycles. The minimum atomic E-state index is -0.827. The predicted molar refractivity (Wildman–Crippen MR) is 99.9 cm³/mol. The van der Waals surface area contributed by atoms with Gasteiger partial charge in [-0.05, 0) is 24.7 Å². The Morgan fingerprint density at radius 2 is 1.88 bits per heavy atom. The van der Waals surface area contributed by atoms with E-state index in [9.17, 15) is 14.7 Å². The molecule has 5 heteroatoms. The highest BCUT2D eigenvalue weighted by Gasteiger charge is 2.47. The van der Waals surface area contributed by atoms with Crippen molar-refractivity contribution in [1.29, 1.82) is 0 Å². The second-order valence-corrected chi connectivity index (χ2v) is 7.44. The molecule has 0 aromatic rings. The molecule has 1 atom stereocenters. The molecular formula is C20H33NO4. The number of ketones is 1. The average Bonchev–Trinajstić information content (AvgIpc) is 2.53.